The lowest BCUT2D eigenvalue weighted by Crippen LogP contribution is -2.61. The summed E-state index contributed by atoms with van der Waals surface area (Å²) >= 11 is 0. The quantitative estimate of drug-likeness (QED) is 0.105. The van der Waals surface area contributed by atoms with Crippen LogP contribution in [0.15, 0.2) is 91.0 Å². The Kier molecular flexibility index (Phi) is 15.3. The minimum atomic E-state index is -2.13. The Balaban J connectivity index is 1.35. The molecule has 0 aromatic heterocycles. The van der Waals surface area contributed by atoms with Crippen molar-refractivity contribution >= 4 is 14.4 Å². The summed E-state index contributed by atoms with van der Waals surface area (Å²) in [6, 6.07) is 29.3. The Morgan fingerprint density at radius 2 is 1.29 bits per heavy atom. The number of aliphatic hydroxyl groups is 1. The summed E-state index contributed by atoms with van der Waals surface area (Å²) in [6.45, 7) is 13.0. The van der Waals surface area contributed by atoms with E-state index in [0.717, 1.165) is 36.0 Å². The molecule has 5 atom stereocenters. The first-order valence-electron chi connectivity index (χ1n) is 17.4. The number of unbranched alkanes of at least 4 members (excludes halogenated alkanes) is 2. The molecule has 1 saturated heterocycles. The van der Waals surface area contributed by atoms with Crippen molar-refractivity contribution in [1.29, 1.82) is 0 Å². The second-order valence-corrected chi connectivity index (χ2v) is 18.9. The van der Waals surface area contributed by atoms with Crippen LogP contribution in [0.1, 0.15) is 56.7 Å². The van der Waals surface area contributed by atoms with Crippen molar-refractivity contribution in [3.8, 4) is 0 Å². The van der Waals surface area contributed by atoms with E-state index in [9.17, 15) is 9.90 Å². The maximum atomic E-state index is 12.1. The van der Waals surface area contributed by atoms with E-state index < -0.39 is 45.1 Å². The molecule has 1 amide bonds. The van der Waals surface area contributed by atoms with Gasteiger partial charge in [0.2, 0.25) is 0 Å². The van der Waals surface area contributed by atoms with Crippen molar-refractivity contribution < 1.29 is 38.0 Å². The van der Waals surface area contributed by atoms with Crippen LogP contribution in [0.5, 0.6) is 0 Å². The smallest absolute Gasteiger partial charge is 0.407 e. The molecular formula is C39H55NO8Si. The number of amides is 1. The van der Waals surface area contributed by atoms with Crippen LogP contribution in [0.2, 0.25) is 18.1 Å². The molecule has 1 aliphatic heterocycles. The first-order valence-corrected chi connectivity index (χ1v) is 20.3. The maximum Gasteiger partial charge on any atom is 0.407 e. The van der Waals surface area contributed by atoms with Crippen molar-refractivity contribution in [3.05, 3.63) is 108 Å². The van der Waals surface area contributed by atoms with Gasteiger partial charge in [-0.05, 0) is 54.1 Å². The van der Waals surface area contributed by atoms with Gasteiger partial charge in [-0.25, -0.2) is 4.79 Å². The number of hydrogen-bond donors (Lipinski definition) is 2. The Hall–Kier alpha value is -3.09. The van der Waals surface area contributed by atoms with Crippen molar-refractivity contribution in [1.82, 2.24) is 5.32 Å². The van der Waals surface area contributed by atoms with Gasteiger partial charge in [-0.2, -0.15) is 0 Å². The van der Waals surface area contributed by atoms with Crippen LogP contribution < -0.4 is 5.32 Å². The molecule has 2 N–H and O–H groups in total. The molecule has 268 valence electrons. The van der Waals surface area contributed by atoms with Gasteiger partial charge in [0.25, 0.3) is 0 Å². The average molecular weight is 694 g/mol. The predicted octanol–water partition coefficient (Wildman–Crippen LogP) is 7.38. The van der Waals surface area contributed by atoms with Gasteiger partial charge in [0.15, 0.2) is 14.6 Å². The fraction of sp³-hybridized carbons (Fsp3) is 0.513. The number of alkyl carbamates (subject to hydrolysis) is 1. The molecule has 10 heteroatoms. The highest BCUT2D eigenvalue weighted by molar-refractivity contribution is 6.74. The van der Waals surface area contributed by atoms with Gasteiger partial charge in [0.1, 0.15) is 31.0 Å². The van der Waals surface area contributed by atoms with Crippen LogP contribution in [0.3, 0.4) is 0 Å². The zero-order chi connectivity index (χ0) is 35.1. The molecule has 0 saturated carbocycles. The van der Waals surface area contributed by atoms with Crippen LogP contribution in [0.25, 0.3) is 0 Å². The summed E-state index contributed by atoms with van der Waals surface area (Å²) in [5.74, 6) is 0. The largest absolute Gasteiger partial charge is 0.445 e. The predicted molar refractivity (Wildman–Crippen MR) is 192 cm³/mol. The Bertz CT molecular complexity index is 1360. The number of benzene rings is 3. The Morgan fingerprint density at radius 1 is 0.755 bits per heavy atom. The lowest BCUT2D eigenvalue weighted by molar-refractivity contribution is -0.318. The van der Waals surface area contributed by atoms with Crippen molar-refractivity contribution in [2.75, 3.05) is 19.8 Å². The Morgan fingerprint density at radius 3 is 1.84 bits per heavy atom. The van der Waals surface area contributed by atoms with Gasteiger partial charge in [-0.3, -0.25) is 0 Å². The van der Waals surface area contributed by atoms with Crippen molar-refractivity contribution in [2.24, 2.45) is 0 Å². The van der Waals surface area contributed by atoms with E-state index in [4.69, 9.17) is 28.1 Å². The van der Waals surface area contributed by atoms with E-state index in [-0.39, 0.29) is 24.9 Å². The molecule has 1 aliphatic rings. The van der Waals surface area contributed by atoms with E-state index in [1.807, 2.05) is 91.0 Å². The van der Waals surface area contributed by atoms with Crippen molar-refractivity contribution in [3.63, 3.8) is 0 Å². The Labute approximate surface area is 293 Å². The van der Waals surface area contributed by atoms with E-state index in [1.165, 1.54) is 0 Å². The summed E-state index contributed by atoms with van der Waals surface area (Å²) < 4.78 is 37.5. The van der Waals surface area contributed by atoms with Gasteiger partial charge < -0.3 is 38.5 Å². The molecule has 1 fully saturated rings. The molecular weight excluding hydrogens is 639 g/mol. The molecule has 49 heavy (non-hydrogen) atoms. The number of rotatable bonds is 18. The highest BCUT2D eigenvalue weighted by atomic mass is 28.4. The minimum Gasteiger partial charge on any atom is -0.445 e. The number of nitrogens with one attached hydrogen (secondary N) is 1. The molecule has 3 aromatic carbocycles. The lowest BCUT2D eigenvalue weighted by Gasteiger charge is -2.45. The summed E-state index contributed by atoms with van der Waals surface area (Å²) in [6.07, 6.45) is -2.00. The molecule has 0 unspecified atom stereocenters. The number of ether oxygens (including phenoxy) is 5. The standard InChI is InChI=1S/C39H55NO8Si/c1-39(2,3)49(4,5)47-29-33-35(44-26-30-18-10-6-11-19-30)34(41)36(45-27-31-20-12-7-13-21-31)37(48-33)43-25-17-9-16-24-40-38(42)46-28-32-22-14-8-15-23-32/h6-8,10-15,18-23,33-37,41H,9,16-17,24-29H2,1-5H3,(H,40,42)/t33-,34+,35-,36+,37+/m1/s1. The highest BCUT2D eigenvalue weighted by Gasteiger charge is 2.48. The van der Waals surface area contributed by atoms with Gasteiger partial charge in [0.05, 0.1) is 19.8 Å². The van der Waals surface area contributed by atoms with Crippen LogP contribution in [-0.2, 0) is 47.9 Å². The third-order valence-corrected chi connectivity index (χ3v) is 13.7. The van der Waals surface area contributed by atoms with Crippen LogP contribution in [-0.4, -0.2) is 70.0 Å². The topological polar surface area (TPSA) is 105 Å². The van der Waals surface area contributed by atoms with Gasteiger partial charge in [0, 0.05) is 13.2 Å². The number of carbonyl (C=O) groups excluding carboxylic acids is 1. The SMILES string of the molecule is CC(C)(C)[Si](C)(C)OC[C@H]1O[C@H](OCCCCCNC(=O)OCc2ccccc2)[C@@H](OCc2ccccc2)[C@@H](O)[C@@H]1OCc1ccccc1. The maximum absolute atomic E-state index is 12.1. The van der Waals surface area contributed by atoms with Crippen LogP contribution >= 0.6 is 0 Å². The van der Waals surface area contributed by atoms with Gasteiger partial charge >= 0.3 is 6.09 Å². The fourth-order valence-corrected chi connectivity index (χ4v) is 6.17. The molecule has 0 bridgehead atoms. The zero-order valence-electron chi connectivity index (χ0n) is 29.7. The summed E-state index contributed by atoms with van der Waals surface area (Å²) in [7, 11) is -2.13. The molecule has 0 radical (unpaired) electrons. The summed E-state index contributed by atoms with van der Waals surface area (Å²) in [5.41, 5.74) is 2.92. The van der Waals surface area contributed by atoms with E-state index in [0.29, 0.717) is 19.8 Å². The monoisotopic (exact) mass is 693 g/mol. The van der Waals surface area contributed by atoms with E-state index >= 15 is 0 Å². The number of carbonyl (C=O) groups is 1. The zero-order valence-corrected chi connectivity index (χ0v) is 30.7. The normalized spacial score (nSPS) is 21.3. The van der Waals surface area contributed by atoms with Gasteiger partial charge in [-0.1, -0.05) is 112 Å². The minimum absolute atomic E-state index is 0.00535. The van der Waals surface area contributed by atoms with Crippen LogP contribution in [0.4, 0.5) is 4.79 Å². The van der Waals surface area contributed by atoms with Crippen LogP contribution in [0, 0.1) is 0 Å². The molecule has 1 heterocycles. The average Bonchev–Trinajstić information content (AvgIpc) is 3.09. The lowest BCUT2D eigenvalue weighted by atomic mass is 9.98. The van der Waals surface area contributed by atoms with E-state index in [1.54, 1.807) is 0 Å². The van der Waals surface area contributed by atoms with Crippen molar-refractivity contribution in [2.45, 2.75) is 109 Å². The molecule has 9 nitrogen and oxygen atoms in total. The molecule has 3 aromatic rings. The second-order valence-electron chi connectivity index (χ2n) is 14.0. The molecule has 4 rings (SSSR count). The third-order valence-electron chi connectivity index (χ3n) is 9.19. The first-order chi connectivity index (χ1) is 23.5. The highest BCUT2D eigenvalue weighted by Crippen LogP contribution is 2.37. The summed E-state index contributed by atoms with van der Waals surface area (Å²) in [4.78, 5) is 12.1. The second kappa shape index (κ2) is 19.3. The fourth-order valence-electron chi connectivity index (χ4n) is 5.15. The summed E-state index contributed by atoms with van der Waals surface area (Å²) in [5, 5.41) is 14.7. The molecule has 0 spiro atoms. The van der Waals surface area contributed by atoms with Gasteiger partial charge in [-0.15, -0.1) is 0 Å². The first kappa shape index (κ1) is 38.7. The third kappa shape index (κ3) is 12.6. The van der Waals surface area contributed by atoms with E-state index in [2.05, 4.69) is 39.2 Å². The number of aliphatic hydroxyl groups excluding tert-OH is 1. The molecule has 0 aliphatic carbocycles. The number of hydrogen-bond acceptors (Lipinski definition) is 8.